The summed E-state index contributed by atoms with van der Waals surface area (Å²) in [7, 11) is 1.68. The first kappa shape index (κ1) is 18.5. The van der Waals surface area contributed by atoms with Gasteiger partial charge in [-0.15, -0.1) is 0 Å². The topological polar surface area (TPSA) is 43.7 Å². The van der Waals surface area contributed by atoms with Crippen LogP contribution in [-0.4, -0.2) is 74.1 Å². The van der Waals surface area contributed by atoms with Gasteiger partial charge in [-0.2, -0.15) is 4.99 Å². The number of piperazine rings is 1. The number of anilines is 1. The molecule has 6 nitrogen and oxygen atoms in total. The van der Waals surface area contributed by atoms with Crippen LogP contribution in [0.25, 0.3) is 0 Å². The predicted octanol–water partition coefficient (Wildman–Crippen LogP) is 3.24. The van der Waals surface area contributed by atoms with E-state index in [4.69, 9.17) is 26.3 Å². The van der Waals surface area contributed by atoms with Crippen LogP contribution in [0.2, 0.25) is 5.02 Å². The average Bonchev–Trinajstić information content (AvgIpc) is 3.18. The van der Waals surface area contributed by atoms with Gasteiger partial charge in [-0.05, 0) is 24.3 Å². The third kappa shape index (κ3) is 3.36. The number of benzene rings is 2. The average molecular weight is 410 g/mol. The van der Waals surface area contributed by atoms with Gasteiger partial charge < -0.3 is 9.64 Å². The second kappa shape index (κ2) is 7.69. The monoisotopic (exact) mass is 409 g/mol. The van der Waals surface area contributed by atoms with E-state index >= 15 is 0 Å². The van der Waals surface area contributed by atoms with Crippen LogP contribution in [0, 0.1) is 0 Å². The molecule has 0 aromatic heterocycles. The Morgan fingerprint density at radius 2 is 1.79 bits per heavy atom. The molecule has 0 aliphatic carbocycles. The van der Waals surface area contributed by atoms with Gasteiger partial charge in [-0.3, -0.25) is 14.8 Å². The number of amidine groups is 2. The SMILES string of the molecule is COC1=Nc2ccccc2C2=NCC(CN3CCN(c4ccccc4Cl)CC3)N12. The molecular formula is C22H24ClN5O. The fraction of sp³-hybridized carbons (Fsp3) is 0.364. The Kier molecular flexibility index (Phi) is 4.89. The van der Waals surface area contributed by atoms with Crippen molar-refractivity contribution in [2.75, 3.05) is 51.3 Å². The van der Waals surface area contributed by atoms with Crippen LogP contribution in [0.5, 0.6) is 0 Å². The second-order valence-corrected chi connectivity index (χ2v) is 7.95. The Bertz CT molecular complexity index is 967. The highest BCUT2D eigenvalue weighted by molar-refractivity contribution is 6.33. The van der Waals surface area contributed by atoms with E-state index < -0.39 is 0 Å². The Hall–Kier alpha value is -2.57. The molecule has 0 amide bonds. The van der Waals surface area contributed by atoms with E-state index in [2.05, 4.69) is 26.8 Å². The van der Waals surface area contributed by atoms with Gasteiger partial charge in [-0.25, -0.2) is 0 Å². The maximum Gasteiger partial charge on any atom is 0.298 e. The third-order valence-electron chi connectivity index (χ3n) is 5.83. The Morgan fingerprint density at radius 3 is 2.59 bits per heavy atom. The highest BCUT2D eigenvalue weighted by Gasteiger charge is 2.38. The fourth-order valence-electron chi connectivity index (χ4n) is 4.36. The number of para-hydroxylation sites is 2. The Labute approximate surface area is 176 Å². The van der Waals surface area contributed by atoms with E-state index in [1.165, 1.54) is 0 Å². The van der Waals surface area contributed by atoms with Crippen LogP contribution in [-0.2, 0) is 4.74 Å². The number of methoxy groups -OCH3 is 1. The normalized spacial score (nSPS) is 21.4. The summed E-state index contributed by atoms with van der Waals surface area (Å²) in [5, 5.41) is 0.822. The zero-order chi connectivity index (χ0) is 19.8. The maximum atomic E-state index is 6.38. The minimum Gasteiger partial charge on any atom is -0.468 e. The molecule has 7 heteroatoms. The second-order valence-electron chi connectivity index (χ2n) is 7.54. The molecule has 0 spiro atoms. The van der Waals surface area contributed by atoms with Gasteiger partial charge in [0.25, 0.3) is 6.02 Å². The molecule has 0 radical (unpaired) electrons. The molecule has 1 saturated heterocycles. The number of hydrogen-bond acceptors (Lipinski definition) is 6. The summed E-state index contributed by atoms with van der Waals surface area (Å²) >= 11 is 6.38. The van der Waals surface area contributed by atoms with Gasteiger partial charge in [0, 0.05) is 38.3 Å². The minimum atomic E-state index is 0.240. The summed E-state index contributed by atoms with van der Waals surface area (Å²) in [6.45, 7) is 5.64. The Morgan fingerprint density at radius 1 is 1.03 bits per heavy atom. The van der Waals surface area contributed by atoms with Crippen molar-refractivity contribution in [2.24, 2.45) is 9.98 Å². The van der Waals surface area contributed by atoms with Crippen molar-refractivity contribution in [2.45, 2.75) is 6.04 Å². The lowest BCUT2D eigenvalue weighted by Crippen LogP contribution is -2.53. The quantitative estimate of drug-likeness (QED) is 0.780. The van der Waals surface area contributed by atoms with Crippen LogP contribution in [0.3, 0.4) is 0 Å². The summed E-state index contributed by atoms with van der Waals surface area (Å²) in [4.78, 5) is 16.6. The summed E-state index contributed by atoms with van der Waals surface area (Å²) in [5.74, 6) is 0.979. The lowest BCUT2D eigenvalue weighted by atomic mass is 10.1. The van der Waals surface area contributed by atoms with E-state index in [9.17, 15) is 0 Å². The molecule has 1 unspecified atom stereocenters. The van der Waals surface area contributed by atoms with E-state index in [0.29, 0.717) is 6.02 Å². The fourth-order valence-corrected chi connectivity index (χ4v) is 4.62. The molecule has 0 bridgehead atoms. The van der Waals surface area contributed by atoms with Crippen LogP contribution in [0.15, 0.2) is 58.5 Å². The minimum absolute atomic E-state index is 0.240. The molecule has 3 aliphatic heterocycles. The first-order valence-corrected chi connectivity index (χ1v) is 10.4. The van der Waals surface area contributed by atoms with Crippen molar-refractivity contribution in [3.63, 3.8) is 0 Å². The number of aliphatic imine (C=N–C) groups is 2. The molecule has 29 heavy (non-hydrogen) atoms. The number of nitrogens with zero attached hydrogens (tertiary/aromatic N) is 5. The summed E-state index contributed by atoms with van der Waals surface area (Å²) in [5.41, 5.74) is 3.13. The largest absolute Gasteiger partial charge is 0.468 e. The number of hydrogen-bond donors (Lipinski definition) is 0. The summed E-state index contributed by atoms with van der Waals surface area (Å²) in [6, 6.07) is 17.1. The number of halogens is 1. The van der Waals surface area contributed by atoms with E-state index in [1.54, 1.807) is 7.11 Å². The predicted molar refractivity (Wildman–Crippen MR) is 118 cm³/mol. The molecule has 0 saturated carbocycles. The lowest BCUT2D eigenvalue weighted by molar-refractivity contribution is 0.207. The molecular weight excluding hydrogens is 386 g/mol. The zero-order valence-electron chi connectivity index (χ0n) is 16.5. The lowest BCUT2D eigenvalue weighted by Gasteiger charge is -2.39. The highest BCUT2D eigenvalue weighted by atomic mass is 35.5. The van der Waals surface area contributed by atoms with Gasteiger partial charge in [0.2, 0.25) is 0 Å². The summed E-state index contributed by atoms with van der Waals surface area (Å²) < 4.78 is 5.62. The first-order chi connectivity index (χ1) is 14.2. The molecule has 2 aromatic rings. The van der Waals surface area contributed by atoms with Crippen LogP contribution >= 0.6 is 11.6 Å². The van der Waals surface area contributed by atoms with E-state index in [1.807, 2.05) is 36.4 Å². The molecule has 5 rings (SSSR count). The number of ether oxygens (including phenoxy) is 1. The summed E-state index contributed by atoms with van der Waals surface area (Å²) in [6.07, 6.45) is 0. The molecule has 1 atom stereocenters. The third-order valence-corrected chi connectivity index (χ3v) is 6.15. The van der Waals surface area contributed by atoms with Crippen LogP contribution in [0.4, 0.5) is 11.4 Å². The van der Waals surface area contributed by atoms with Crippen molar-refractivity contribution >= 4 is 34.8 Å². The van der Waals surface area contributed by atoms with Crippen molar-refractivity contribution in [3.8, 4) is 0 Å². The van der Waals surface area contributed by atoms with Crippen molar-refractivity contribution < 1.29 is 4.74 Å². The Balaban J connectivity index is 1.27. The molecule has 3 heterocycles. The maximum absolute atomic E-state index is 6.38. The van der Waals surface area contributed by atoms with Gasteiger partial charge >= 0.3 is 0 Å². The van der Waals surface area contributed by atoms with Crippen molar-refractivity contribution in [3.05, 3.63) is 59.1 Å². The van der Waals surface area contributed by atoms with Crippen molar-refractivity contribution in [1.82, 2.24) is 9.80 Å². The molecule has 0 N–H and O–H groups in total. The van der Waals surface area contributed by atoms with Gasteiger partial charge in [0.1, 0.15) is 5.84 Å². The van der Waals surface area contributed by atoms with E-state index in [0.717, 1.165) is 67.1 Å². The zero-order valence-corrected chi connectivity index (χ0v) is 17.2. The number of fused-ring (bicyclic) bond motifs is 3. The molecule has 3 aliphatic rings. The number of rotatable bonds is 3. The van der Waals surface area contributed by atoms with Crippen LogP contribution in [0.1, 0.15) is 5.56 Å². The first-order valence-electron chi connectivity index (χ1n) is 10.0. The molecule has 2 aromatic carbocycles. The van der Waals surface area contributed by atoms with Crippen molar-refractivity contribution in [1.29, 1.82) is 0 Å². The standard InChI is InChI=1S/C22H24ClN5O/c1-29-22-25-19-8-4-2-6-17(19)21-24-14-16(28(21)22)15-26-10-12-27(13-11-26)20-9-5-3-7-18(20)23/h2-9,16H,10-15H2,1H3. The van der Waals surface area contributed by atoms with E-state index in [-0.39, 0.29) is 6.04 Å². The van der Waals surface area contributed by atoms with Gasteiger partial charge in [0.05, 0.1) is 36.1 Å². The van der Waals surface area contributed by atoms with Gasteiger partial charge in [0.15, 0.2) is 0 Å². The highest BCUT2D eigenvalue weighted by Crippen LogP contribution is 2.31. The molecule has 150 valence electrons. The smallest absolute Gasteiger partial charge is 0.298 e. The van der Waals surface area contributed by atoms with Gasteiger partial charge in [-0.1, -0.05) is 35.9 Å². The van der Waals surface area contributed by atoms with Crippen LogP contribution < -0.4 is 4.90 Å². The molecule has 1 fully saturated rings.